The second-order valence-electron chi connectivity index (χ2n) is 7.44. The lowest BCUT2D eigenvalue weighted by atomic mass is 9.78. The van der Waals surface area contributed by atoms with Crippen LogP contribution in [0.1, 0.15) is 89.5 Å². The monoisotopic (exact) mass is 330 g/mol. The summed E-state index contributed by atoms with van der Waals surface area (Å²) in [5, 5.41) is 0. The summed E-state index contributed by atoms with van der Waals surface area (Å²) in [5.41, 5.74) is 1.16. The quantitative estimate of drug-likeness (QED) is 0.471. The lowest BCUT2D eigenvalue weighted by Crippen LogP contribution is -2.21. The molecule has 1 saturated carbocycles. The summed E-state index contributed by atoms with van der Waals surface area (Å²) in [4.78, 5) is 12.2. The summed E-state index contributed by atoms with van der Waals surface area (Å²) < 4.78 is 5.84. The number of hydrogen-bond donors (Lipinski definition) is 0. The fraction of sp³-hybridized carbons (Fsp3) is 0.682. The Morgan fingerprint density at radius 2 is 1.62 bits per heavy atom. The van der Waals surface area contributed by atoms with Crippen LogP contribution in [0.2, 0.25) is 0 Å². The van der Waals surface area contributed by atoms with Gasteiger partial charge in [0.1, 0.15) is 11.5 Å². The number of benzene rings is 1. The van der Waals surface area contributed by atoms with Gasteiger partial charge in [-0.15, -0.1) is 0 Å². The molecule has 24 heavy (non-hydrogen) atoms. The first-order chi connectivity index (χ1) is 11.7. The molecule has 134 valence electrons. The molecule has 1 aliphatic rings. The Kier molecular flexibility index (Phi) is 8.35. The summed E-state index contributed by atoms with van der Waals surface area (Å²) in [7, 11) is 0. The van der Waals surface area contributed by atoms with E-state index in [0.29, 0.717) is 11.7 Å². The fourth-order valence-electron chi connectivity index (χ4n) is 3.60. The molecule has 0 spiro atoms. The number of rotatable bonds is 10. The molecule has 2 heteroatoms. The van der Waals surface area contributed by atoms with Crippen molar-refractivity contribution in [2.24, 2.45) is 5.92 Å². The molecule has 0 N–H and O–H groups in total. The molecule has 0 amide bonds. The summed E-state index contributed by atoms with van der Waals surface area (Å²) >= 11 is 0. The molecule has 1 aromatic carbocycles. The highest BCUT2D eigenvalue weighted by Gasteiger charge is 2.27. The van der Waals surface area contributed by atoms with Crippen LogP contribution in [0, 0.1) is 5.92 Å². The molecule has 2 rings (SSSR count). The zero-order valence-electron chi connectivity index (χ0n) is 15.6. The van der Waals surface area contributed by atoms with Crippen molar-refractivity contribution in [3.63, 3.8) is 0 Å². The van der Waals surface area contributed by atoms with E-state index in [9.17, 15) is 4.79 Å². The zero-order chi connectivity index (χ0) is 17.2. The van der Waals surface area contributed by atoms with Crippen LogP contribution in [0.25, 0.3) is 0 Å². The third-order valence-electron chi connectivity index (χ3n) is 5.19. The average Bonchev–Trinajstić information content (AvgIpc) is 2.58. The van der Waals surface area contributed by atoms with Gasteiger partial charge in [-0.2, -0.15) is 0 Å². The highest BCUT2D eigenvalue weighted by atomic mass is 16.5. The zero-order valence-corrected chi connectivity index (χ0v) is 15.6. The van der Waals surface area contributed by atoms with E-state index in [2.05, 4.69) is 26.0 Å². The molecular weight excluding hydrogens is 296 g/mol. The van der Waals surface area contributed by atoms with E-state index in [4.69, 9.17) is 4.74 Å². The molecule has 1 aliphatic carbocycles. The van der Waals surface area contributed by atoms with Gasteiger partial charge in [0.15, 0.2) is 0 Å². The Bertz CT molecular complexity index is 477. The van der Waals surface area contributed by atoms with Crippen LogP contribution < -0.4 is 4.74 Å². The first kappa shape index (κ1) is 19.0. The molecular formula is C22H34O2. The number of carbonyl (C=O) groups excluding carboxylic acids is 1. The van der Waals surface area contributed by atoms with Gasteiger partial charge in [-0.3, -0.25) is 4.79 Å². The molecule has 0 radical (unpaired) electrons. The molecule has 2 nitrogen and oxygen atoms in total. The first-order valence-corrected chi connectivity index (χ1v) is 9.96. The van der Waals surface area contributed by atoms with Crippen molar-refractivity contribution in [3.05, 3.63) is 29.8 Å². The average molecular weight is 331 g/mol. The van der Waals surface area contributed by atoms with E-state index < -0.39 is 0 Å². The molecule has 1 aromatic rings. The predicted octanol–water partition coefficient (Wildman–Crippen LogP) is 6.29. The van der Waals surface area contributed by atoms with Gasteiger partial charge in [-0.05, 0) is 42.9 Å². The van der Waals surface area contributed by atoms with Crippen molar-refractivity contribution >= 4 is 5.78 Å². The highest BCUT2D eigenvalue weighted by molar-refractivity contribution is 5.86. The SMILES string of the molecule is CCCCCCCCCOc1ccc([C@@H]2CC[C@@H](C)CC2=O)cc1. The van der Waals surface area contributed by atoms with Crippen molar-refractivity contribution in [1.82, 2.24) is 0 Å². The van der Waals surface area contributed by atoms with E-state index in [0.717, 1.165) is 43.6 Å². The minimum Gasteiger partial charge on any atom is -0.494 e. The second kappa shape index (κ2) is 10.5. The van der Waals surface area contributed by atoms with Gasteiger partial charge in [-0.25, -0.2) is 0 Å². The van der Waals surface area contributed by atoms with Gasteiger partial charge in [0.25, 0.3) is 0 Å². The fourth-order valence-corrected chi connectivity index (χ4v) is 3.60. The van der Waals surface area contributed by atoms with Gasteiger partial charge in [-0.1, -0.05) is 64.5 Å². The lowest BCUT2D eigenvalue weighted by molar-refractivity contribution is -0.123. The Labute approximate surface area is 148 Å². The van der Waals surface area contributed by atoms with E-state index in [-0.39, 0.29) is 5.92 Å². The van der Waals surface area contributed by atoms with Crippen LogP contribution in [-0.2, 0) is 4.79 Å². The minimum atomic E-state index is 0.110. The summed E-state index contributed by atoms with van der Waals surface area (Å²) in [6.07, 6.45) is 12.0. The Balaban J connectivity index is 1.66. The molecule has 0 unspecified atom stereocenters. The maximum Gasteiger partial charge on any atom is 0.140 e. The largest absolute Gasteiger partial charge is 0.494 e. The number of Topliss-reactive ketones (excluding diaryl/α,β-unsaturated/α-hetero) is 1. The van der Waals surface area contributed by atoms with Gasteiger partial charge in [0.05, 0.1) is 6.61 Å². The number of ketones is 1. The highest BCUT2D eigenvalue weighted by Crippen LogP contribution is 2.33. The van der Waals surface area contributed by atoms with Gasteiger partial charge in [0.2, 0.25) is 0 Å². The van der Waals surface area contributed by atoms with E-state index in [1.165, 1.54) is 38.5 Å². The normalized spacial score (nSPS) is 21.0. The third-order valence-corrected chi connectivity index (χ3v) is 5.19. The smallest absolute Gasteiger partial charge is 0.140 e. The summed E-state index contributed by atoms with van der Waals surface area (Å²) in [6.45, 7) is 5.23. The van der Waals surface area contributed by atoms with Gasteiger partial charge < -0.3 is 4.74 Å². The van der Waals surface area contributed by atoms with Crippen molar-refractivity contribution in [3.8, 4) is 5.75 Å². The number of unbranched alkanes of at least 4 members (excludes halogenated alkanes) is 6. The molecule has 2 atom stereocenters. The molecule has 0 heterocycles. The Morgan fingerprint density at radius 1 is 0.958 bits per heavy atom. The topological polar surface area (TPSA) is 26.3 Å². The van der Waals surface area contributed by atoms with E-state index >= 15 is 0 Å². The Morgan fingerprint density at radius 3 is 2.29 bits per heavy atom. The summed E-state index contributed by atoms with van der Waals surface area (Å²) in [6, 6.07) is 8.22. The second-order valence-corrected chi connectivity index (χ2v) is 7.44. The van der Waals surface area contributed by atoms with Crippen LogP contribution in [0.3, 0.4) is 0 Å². The Hall–Kier alpha value is -1.31. The van der Waals surface area contributed by atoms with Crippen LogP contribution in [-0.4, -0.2) is 12.4 Å². The van der Waals surface area contributed by atoms with Gasteiger partial charge >= 0.3 is 0 Å². The lowest BCUT2D eigenvalue weighted by Gasteiger charge is -2.25. The maximum atomic E-state index is 12.2. The van der Waals surface area contributed by atoms with Crippen molar-refractivity contribution < 1.29 is 9.53 Å². The van der Waals surface area contributed by atoms with Crippen LogP contribution in [0.15, 0.2) is 24.3 Å². The predicted molar refractivity (Wildman–Crippen MR) is 101 cm³/mol. The van der Waals surface area contributed by atoms with E-state index in [1.54, 1.807) is 0 Å². The molecule has 0 bridgehead atoms. The van der Waals surface area contributed by atoms with Gasteiger partial charge in [0, 0.05) is 12.3 Å². The van der Waals surface area contributed by atoms with Crippen LogP contribution in [0.5, 0.6) is 5.75 Å². The number of ether oxygens (including phenoxy) is 1. The summed E-state index contributed by atoms with van der Waals surface area (Å²) in [5.74, 6) is 2.00. The molecule has 0 saturated heterocycles. The van der Waals surface area contributed by atoms with Crippen LogP contribution >= 0.6 is 0 Å². The molecule has 0 aliphatic heterocycles. The minimum absolute atomic E-state index is 0.110. The van der Waals surface area contributed by atoms with Crippen molar-refractivity contribution in [2.75, 3.05) is 6.61 Å². The third kappa shape index (κ3) is 6.30. The first-order valence-electron chi connectivity index (χ1n) is 9.96. The maximum absolute atomic E-state index is 12.2. The van der Waals surface area contributed by atoms with Crippen molar-refractivity contribution in [1.29, 1.82) is 0 Å². The standard InChI is InChI=1S/C22H34O2/c1-3-4-5-6-7-8-9-16-24-20-13-11-19(12-14-20)21-15-10-18(2)17-22(21)23/h11-14,18,21H,3-10,15-17H2,1-2H3/t18-,21+/m1/s1. The number of hydrogen-bond acceptors (Lipinski definition) is 2. The van der Waals surface area contributed by atoms with Crippen molar-refractivity contribution in [2.45, 2.75) is 84.0 Å². The molecule has 1 fully saturated rings. The van der Waals surface area contributed by atoms with Crippen LogP contribution in [0.4, 0.5) is 0 Å². The van der Waals surface area contributed by atoms with E-state index in [1.807, 2.05) is 12.1 Å². The number of carbonyl (C=O) groups is 1. The molecule has 0 aromatic heterocycles.